The lowest BCUT2D eigenvalue weighted by Gasteiger charge is -2.32. The van der Waals surface area contributed by atoms with Crippen molar-refractivity contribution >= 4 is 29.2 Å². The Bertz CT molecular complexity index is 1100. The van der Waals surface area contributed by atoms with Crippen LogP contribution in [0.3, 0.4) is 0 Å². The summed E-state index contributed by atoms with van der Waals surface area (Å²) in [5, 5.41) is 10.8. The number of anilines is 1. The van der Waals surface area contributed by atoms with Crippen LogP contribution in [0.5, 0.6) is 0 Å². The van der Waals surface area contributed by atoms with Gasteiger partial charge in [-0.1, -0.05) is 41.4 Å². The molecule has 2 amide bonds. The van der Waals surface area contributed by atoms with Crippen molar-refractivity contribution in [2.24, 2.45) is 7.05 Å². The Kier molecular flexibility index (Phi) is 4.88. The van der Waals surface area contributed by atoms with Gasteiger partial charge in [0, 0.05) is 29.1 Å². The van der Waals surface area contributed by atoms with Crippen molar-refractivity contribution in [1.82, 2.24) is 15.1 Å². The molecule has 0 spiro atoms. The van der Waals surface area contributed by atoms with Gasteiger partial charge in [-0.2, -0.15) is 5.10 Å². The van der Waals surface area contributed by atoms with Crippen LogP contribution in [0.1, 0.15) is 38.7 Å². The molecule has 6 nitrogen and oxygen atoms in total. The first-order valence-electron chi connectivity index (χ1n) is 9.32. The maximum absolute atomic E-state index is 13.0. The minimum Gasteiger partial charge on any atom is -0.339 e. The zero-order valence-electron chi connectivity index (χ0n) is 16.4. The number of hydrogen-bond donors (Lipinski definition) is 2. The molecule has 0 saturated heterocycles. The Morgan fingerprint density at radius 1 is 1.17 bits per heavy atom. The van der Waals surface area contributed by atoms with Crippen LogP contribution in [0.25, 0.3) is 0 Å². The van der Waals surface area contributed by atoms with Crippen molar-refractivity contribution in [1.29, 1.82) is 0 Å². The van der Waals surface area contributed by atoms with Crippen LogP contribution < -0.4 is 10.6 Å². The summed E-state index contributed by atoms with van der Waals surface area (Å²) in [5.74, 6) is -0.355. The van der Waals surface area contributed by atoms with Gasteiger partial charge < -0.3 is 10.6 Å². The normalized spacial score (nSPS) is 18.1. The minimum atomic E-state index is -0.794. The molecule has 0 fully saturated rings. The van der Waals surface area contributed by atoms with Crippen LogP contribution in [0, 0.1) is 13.8 Å². The van der Waals surface area contributed by atoms with E-state index < -0.39 is 12.0 Å². The standard InChI is InChI=1S/C22H21ClN4O2/c1-12-7-9-14(10-8-12)21(28)24-19-18(15-5-4-6-16(23)11-15)17-13(2)26-27(3)20(17)25-22(19)29/h4-11,18-19H,1-3H3,(H,24,28)(H,25,29)/t18-,19+/m0/s1. The summed E-state index contributed by atoms with van der Waals surface area (Å²) in [6.45, 7) is 3.85. The summed E-state index contributed by atoms with van der Waals surface area (Å²) in [6, 6.07) is 13.8. The summed E-state index contributed by atoms with van der Waals surface area (Å²) in [7, 11) is 1.78. The van der Waals surface area contributed by atoms with Gasteiger partial charge in [-0.05, 0) is 43.7 Å². The second-order valence-corrected chi connectivity index (χ2v) is 7.75. The predicted molar refractivity (Wildman–Crippen MR) is 112 cm³/mol. The molecule has 1 aromatic heterocycles. The van der Waals surface area contributed by atoms with Gasteiger partial charge in [0.15, 0.2) is 0 Å². The predicted octanol–water partition coefficient (Wildman–Crippen LogP) is 3.57. The molecular formula is C22H21ClN4O2. The van der Waals surface area contributed by atoms with Crippen LogP contribution in [0.4, 0.5) is 5.82 Å². The molecule has 29 heavy (non-hydrogen) atoms. The van der Waals surface area contributed by atoms with Crippen molar-refractivity contribution in [3.05, 3.63) is 81.5 Å². The molecule has 0 bridgehead atoms. The first-order chi connectivity index (χ1) is 13.8. The molecule has 0 radical (unpaired) electrons. The molecule has 7 heteroatoms. The van der Waals surface area contributed by atoms with Gasteiger partial charge in [0.1, 0.15) is 11.9 Å². The second-order valence-electron chi connectivity index (χ2n) is 7.31. The van der Waals surface area contributed by atoms with Crippen molar-refractivity contribution in [3.63, 3.8) is 0 Å². The number of halogens is 1. The lowest BCUT2D eigenvalue weighted by atomic mass is 9.82. The molecule has 0 saturated carbocycles. The fraction of sp³-hybridized carbons (Fsp3) is 0.227. The van der Waals surface area contributed by atoms with Crippen LogP contribution >= 0.6 is 11.6 Å². The minimum absolute atomic E-state index is 0.286. The van der Waals surface area contributed by atoms with Crippen molar-refractivity contribution in [2.45, 2.75) is 25.8 Å². The van der Waals surface area contributed by atoms with Crippen LogP contribution in [-0.4, -0.2) is 27.6 Å². The van der Waals surface area contributed by atoms with E-state index >= 15 is 0 Å². The lowest BCUT2D eigenvalue weighted by Crippen LogP contribution is -2.50. The summed E-state index contributed by atoms with van der Waals surface area (Å²) in [5.41, 5.74) is 4.08. The Labute approximate surface area is 173 Å². The maximum atomic E-state index is 13.0. The highest BCUT2D eigenvalue weighted by molar-refractivity contribution is 6.30. The average molecular weight is 409 g/mol. The molecule has 1 aliphatic heterocycles. The average Bonchev–Trinajstić information content (AvgIpc) is 2.96. The highest BCUT2D eigenvalue weighted by Crippen LogP contribution is 2.39. The zero-order valence-corrected chi connectivity index (χ0v) is 17.1. The molecule has 2 atom stereocenters. The third-order valence-electron chi connectivity index (χ3n) is 5.25. The first-order valence-corrected chi connectivity index (χ1v) is 9.70. The van der Waals surface area contributed by atoms with Crippen molar-refractivity contribution in [3.8, 4) is 0 Å². The van der Waals surface area contributed by atoms with Crippen molar-refractivity contribution in [2.75, 3.05) is 5.32 Å². The number of aromatic nitrogens is 2. The number of carbonyl (C=O) groups excluding carboxylic acids is 2. The fourth-order valence-corrected chi connectivity index (χ4v) is 4.04. The number of rotatable bonds is 3. The number of hydrogen-bond acceptors (Lipinski definition) is 3. The second kappa shape index (κ2) is 7.37. The SMILES string of the molecule is Cc1ccc(C(=O)N[C@H]2C(=O)Nc3c(c(C)nn3C)[C@@H]2c2cccc(Cl)c2)cc1. The van der Waals surface area contributed by atoms with E-state index in [-0.39, 0.29) is 11.8 Å². The first kappa shape index (κ1) is 19.2. The van der Waals surface area contributed by atoms with E-state index in [0.717, 1.165) is 22.4 Å². The number of aryl methyl sites for hydroxylation is 3. The Hall–Kier alpha value is -3.12. The quantitative estimate of drug-likeness (QED) is 0.695. The molecule has 2 heterocycles. The van der Waals surface area contributed by atoms with Gasteiger partial charge in [0.05, 0.1) is 5.69 Å². The van der Waals surface area contributed by atoms with Gasteiger partial charge in [-0.3, -0.25) is 14.3 Å². The van der Waals surface area contributed by atoms with E-state index in [1.54, 1.807) is 29.9 Å². The third-order valence-corrected chi connectivity index (χ3v) is 5.48. The molecule has 2 N–H and O–H groups in total. The van der Waals surface area contributed by atoms with E-state index in [1.165, 1.54) is 0 Å². The van der Waals surface area contributed by atoms with E-state index in [0.29, 0.717) is 16.4 Å². The number of fused-ring (bicyclic) bond motifs is 1. The molecule has 4 rings (SSSR count). The molecule has 0 aliphatic carbocycles. The Morgan fingerprint density at radius 3 is 2.59 bits per heavy atom. The largest absolute Gasteiger partial charge is 0.339 e. The van der Waals surface area contributed by atoms with E-state index in [1.807, 2.05) is 44.2 Å². The molecular weight excluding hydrogens is 388 g/mol. The zero-order chi connectivity index (χ0) is 20.7. The van der Waals surface area contributed by atoms with Gasteiger partial charge in [0.2, 0.25) is 5.91 Å². The topological polar surface area (TPSA) is 76.0 Å². The van der Waals surface area contributed by atoms with Crippen LogP contribution in [0.2, 0.25) is 5.02 Å². The van der Waals surface area contributed by atoms with E-state index in [2.05, 4.69) is 15.7 Å². The molecule has 148 valence electrons. The van der Waals surface area contributed by atoms with Crippen LogP contribution in [-0.2, 0) is 11.8 Å². The lowest BCUT2D eigenvalue weighted by molar-refractivity contribution is -0.118. The van der Waals surface area contributed by atoms with Gasteiger partial charge in [0.25, 0.3) is 5.91 Å². The molecule has 0 unspecified atom stereocenters. The van der Waals surface area contributed by atoms with Crippen LogP contribution in [0.15, 0.2) is 48.5 Å². The van der Waals surface area contributed by atoms with Gasteiger partial charge >= 0.3 is 0 Å². The Balaban J connectivity index is 1.78. The van der Waals surface area contributed by atoms with E-state index in [4.69, 9.17) is 11.6 Å². The van der Waals surface area contributed by atoms with Crippen molar-refractivity contribution < 1.29 is 9.59 Å². The smallest absolute Gasteiger partial charge is 0.251 e. The number of carbonyl (C=O) groups is 2. The fourth-order valence-electron chi connectivity index (χ4n) is 3.85. The van der Waals surface area contributed by atoms with Gasteiger partial charge in [-0.15, -0.1) is 0 Å². The summed E-state index contributed by atoms with van der Waals surface area (Å²) in [6.07, 6.45) is 0. The number of amides is 2. The maximum Gasteiger partial charge on any atom is 0.251 e. The highest BCUT2D eigenvalue weighted by atomic mass is 35.5. The third kappa shape index (κ3) is 3.51. The number of nitrogens with zero attached hydrogens (tertiary/aromatic N) is 2. The summed E-state index contributed by atoms with van der Waals surface area (Å²) in [4.78, 5) is 25.9. The Morgan fingerprint density at radius 2 is 1.90 bits per heavy atom. The number of nitrogens with one attached hydrogen (secondary N) is 2. The summed E-state index contributed by atoms with van der Waals surface area (Å²) < 4.78 is 1.65. The number of benzene rings is 2. The highest BCUT2D eigenvalue weighted by Gasteiger charge is 2.41. The summed E-state index contributed by atoms with van der Waals surface area (Å²) >= 11 is 6.23. The molecule has 3 aromatic rings. The van der Waals surface area contributed by atoms with E-state index in [9.17, 15) is 9.59 Å². The monoisotopic (exact) mass is 408 g/mol. The molecule has 1 aliphatic rings. The molecule has 2 aromatic carbocycles. The van der Waals surface area contributed by atoms with Gasteiger partial charge in [-0.25, -0.2) is 0 Å².